The van der Waals surface area contributed by atoms with Gasteiger partial charge in [0.05, 0.1) is 22.3 Å². The number of hydrogen-bond donors (Lipinski definition) is 0. The number of hydrogen-bond acceptors (Lipinski definition) is 5. The van der Waals surface area contributed by atoms with Gasteiger partial charge in [-0.25, -0.2) is 9.50 Å². The number of aromatic nitrogens is 3. The van der Waals surface area contributed by atoms with E-state index >= 15 is 0 Å². The Hall–Kier alpha value is -3.77. The molecule has 5 aromatic rings. The summed E-state index contributed by atoms with van der Waals surface area (Å²) in [4.78, 5) is 20.1. The number of carbonyl (C=O) groups excluding carboxylic acids is 1. The van der Waals surface area contributed by atoms with Crippen molar-refractivity contribution < 1.29 is 4.79 Å². The zero-order valence-electron chi connectivity index (χ0n) is 17.2. The van der Waals surface area contributed by atoms with Crippen LogP contribution < -0.4 is 4.90 Å². The lowest BCUT2D eigenvalue weighted by Crippen LogP contribution is -2.07. The zero-order chi connectivity index (χ0) is 21.4. The largest absolute Gasteiger partial charge is 0.378 e. The molecule has 3 heterocycles. The van der Waals surface area contributed by atoms with E-state index < -0.39 is 0 Å². The summed E-state index contributed by atoms with van der Waals surface area (Å²) in [6.07, 6.45) is 3.34. The van der Waals surface area contributed by atoms with Crippen LogP contribution in [-0.4, -0.2) is 34.5 Å². The number of nitrogens with zero attached hydrogens (tertiary/aromatic N) is 4. The number of benzene rings is 2. The average Bonchev–Trinajstić information content (AvgIpc) is 3.49. The maximum Gasteiger partial charge on any atom is 0.208 e. The molecule has 0 aliphatic carbocycles. The van der Waals surface area contributed by atoms with Crippen LogP contribution in [0.3, 0.4) is 0 Å². The SMILES string of the molecule is CN(C)c1ccc(-c2cccc(-c3ccnc4c(C(=O)c5cccs5)cnn34)c2)cc1. The van der Waals surface area contributed by atoms with Gasteiger partial charge < -0.3 is 4.90 Å². The summed E-state index contributed by atoms with van der Waals surface area (Å²) in [5, 5.41) is 6.39. The van der Waals surface area contributed by atoms with Crippen molar-refractivity contribution in [2.45, 2.75) is 0 Å². The number of thiophene rings is 1. The molecular formula is C25H20N4OS. The molecule has 0 unspecified atom stereocenters. The highest BCUT2D eigenvalue weighted by Gasteiger charge is 2.18. The van der Waals surface area contributed by atoms with E-state index in [4.69, 9.17) is 0 Å². The van der Waals surface area contributed by atoms with Crippen LogP contribution in [0.1, 0.15) is 15.2 Å². The number of carbonyl (C=O) groups is 1. The molecule has 31 heavy (non-hydrogen) atoms. The van der Waals surface area contributed by atoms with E-state index in [2.05, 4.69) is 57.4 Å². The summed E-state index contributed by atoms with van der Waals surface area (Å²) in [5.74, 6) is -0.0515. The van der Waals surface area contributed by atoms with Crippen molar-refractivity contribution in [3.63, 3.8) is 0 Å². The Kier molecular flexibility index (Phi) is 4.84. The summed E-state index contributed by atoms with van der Waals surface area (Å²) < 4.78 is 1.75. The van der Waals surface area contributed by atoms with Gasteiger partial charge in [-0.3, -0.25) is 4.79 Å². The molecule has 0 saturated carbocycles. The van der Waals surface area contributed by atoms with E-state index in [1.807, 2.05) is 43.7 Å². The fraction of sp³-hybridized carbons (Fsp3) is 0.0800. The first kappa shape index (κ1) is 19.2. The molecule has 0 N–H and O–H groups in total. The quantitative estimate of drug-likeness (QED) is 0.354. The van der Waals surface area contributed by atoms with Crippen molar-refractivity contribution in [1.29, 1.82) is 0 Å². The van der Waals surface area contributed by atoms with Gasteiger partial charge in [0, 0.05) is 31.5 Å². The van der Waals surface area contributed by atoms with Crippen LogP contribution in [0.15, 0.2) is 84.5 Å². The van der Waals surface area contributed by atoms with Gasteiger partial charge in [0.1, 0.15) is 0 Å². The zero-order valence-corrected chi connectivity index (χ0v) is 18.0. The Labute approximate surface area is 184 Å². The van der Waals surface area contributed by atoms with Crippen molar-refractivity contribution in [2.24, 2.45) is 0 Å². The van der Waals surface area contributed by atoms with Gasteiger partial charge in [-0.05, 0) is 46.8 Å². The van der Waals surface area contributed by atoms with Crippen molar-refractivity contribution in [2.75, 3.05) is 19.0 Å². The molecule has 0 aliphatic rings. The highest BCUT2D eigenvalue weighted by atomic mass is 32.1. The molecule has 5 nitrogen and oxygen atoms in total. The lowest BCUT2D eigenvalue weighted by molar-refractivity contribution is 0.104. The third kappa shape index (κ3) is 3.51. The van der Waals surface area contributed by atoms with Gasteiger partial charge >= 0.3 is 0 Å². The first-order valence-electron chi connectivity index (χ1n) is 9.91. The molecule has 0 spiro atoms. The molecule has 3 aromatic heterocycles. The molecule has 152 valence electrons. The Balaban J connectivity index is 1.56. The predicted octanol–water partition coefficient (Wildman–Crippen LogP) is 5.42. The highest BCUT2D eigenvalue weighted by Crippen LogP contribution is 2.28. The highest BCUT2D eigenvalue weighted by molar-refractivity contribution is 7.12. The second-order valence-electron chi connectivity index (χ2n) is 7.45. The summed E-state index contributed by atoms with van der Waals surface area (Å²) in [7, 11) is 4.07. The Morgan fingerprint density at radius 3 is 2.48 bits per heavy atom. The van der Waals surface area contributed by atoms with E-state index in [0.717, 1.165) is 28.1 Å². The van der Waals surface area contributed by atoms with Crippen molar-refractivity contribution in [1.82, 2.24) is 14.6 Å². The molecule has 0 bridgehead atoms. The molecule has 0 radical (unpaired) electrons. The van der Waals surface area contributed by atoms with Crippen LogP contribution in [0.2, 0.25) is 0 Å². The van der Waals surface area contributed by atoms with E-state index in [0.29, 0.717) is 16.1 Å². The maximum absolute atomic E-state index is 12.9. The molecule has 6 heteroatoms. The van der Waals surface area contributed by atoms with Crippen LogP contribution in [0.5, 0.6) is 0 Å². The average molecular weight is 425 g/mol. The second-order valence-corrected chi connectivity index (χ2v) is 8.40. The maximum atomic E-state index is 12.9. The van der Waals surface area contributed by atoms with Crippen LogP contribution in [0.4, 0.5) is 5.69 Å². The summed E-state index contributed by atoms with van der Waals surface area (Å²) in [6.45, 7) is 0. The fourth-order valence-electron chi connectivity index (χ4n) is 3.62. The first-order valence-corrected chi connectivity index (χ1v) is 10.8. The lowest BCUT2D eigenvalue weighted by atomic mass is 10.0. The second kappa shape index (κ2) is 7.81. The number of rotatable bonds is 5. The minimum atomic E-state index is -0.0515. The molecule has 5 rings (SSSR count). The molecule has 0 fully saturated rings. The minimum Gasteiger partial charge on any atom is -0.378 e. The molecule has 2 aromatic carbocycles. The van der Waals surface area contributed by atoms with Crippen LogP contribution in [-0.2, 0) is 0 Å². The summed E-state index contributed by atoms with van der Waals surface area (Å²) in [6, 6.07) is 22.4. The number of anilines is 1. The summed E-state index contributed by atoms with van der Waals surface area (Å²) in [5.41, 5.74) is 6.41. The van der Waals surface area contributed by atoms with Crippen molar-refractivity contribution in [3.05, 3.63) is 94.9 Å². The molecule has 0 atom stereocenters. The van der Waals surface area contributed by atoms with Crippen molar-refractivity contribution >= 4 is 28.5 Å². The Morgan fingerprint density at radius 1 is 0.935 bits per heavy atom. The van der Waals surface area contributed by atoms with Crippen LogP contribution in [0.25, 0.3) is 28.0 Å². The third-order valence-electron chi connectivity index (χ3n) is 5.27. The van der Waals surface area contributed by atoms with Gasteiger partial charge in [0.15, 0.2) is 5.65 Å². The van der Waals surface area contributed by atoms with E-state index in [-0.39, 0.29) is 5.78 Å². The molecule has 0 aliphatic heterocycles. The van der Waals surface area contributed by atoms with Crippen molar-refractivity contribution in [3.8, 4) is 22.4 Å². The van der Waals surface area contributed by atoms with E-state index in [1.165, 1.54) is 11.3 Å². The smallest absolute Gasteiger partial charge is 0.208 e. The minimum absolute atomic E-state index is 0.0515. The van der Waals surface area contributed by atoms with Gasteiger partial charge in [0.2, 0.25) is 5.78 Å². The van der Waals surface area contributed by atoms with Crippen LogP contribution in [0, 0.1) is 0 Å². The Bertz CT molecular complexity index is 1370. The first-order chi connectivity index (χ1) is 15.1. The number of ketones is 1. The molecule has 0 saturated heterocycles. The van der Waals surface area contributed by atoms with E-state index in [1.54, 1.807) is 16.9 Å². The fourth-order valence-corrected chi connectivity index (χ4v) is 4.30. The van der Waals surface area contributed by atoms with Gasteiger partial charge in [-0.1, -0.05) is 36.4 Å². The standard InChI is InChI=1S/C25H20N4OS/c1-28(2)20-10-8-17(9-11-20)18-5-3-6-19(15-18)22-12-13-26-25-21(16-27-29(22)25)24(30)23-7-4-14-31-23/h3-16H,1-2H3. The molecular weight excluding hydrogens is 404 g/mol. The molecule has 0 amide bonds. The van der Waals surface area contributed by atoms with Crippen LogP contribution >= 0.6 is 11.3 Å². The number of fused-ring (bicyclic) bond motifs is 1. The predicted molar refractivity (Wildman–Crippen MR) is 126 cm³/mol. The summed E-state index contributed by atoms with van der Waals surface area (Å²) >= 11 is 1.42. The van der Waals surface area contributed by atoms with Gasteiger partial charge in [-0.15, -0.1) is 11.3 Å². The normalized spacial score (nSPS) is 11.0. The Morgan fingerprint density at radius 2 is 1.74 bits per heavy atom. The van der Waals surface area contributed by atoms with E-state index in [9.17, 15) is 4.79 Å². The third-order valence-corrected chi connectivity index (χ3v) is 6.13. The monoisotopic (exact) mass is 424 g/mol. The van der Waals surface area contributed by atoms with Gasteiger partial charge in [-0.2, -0.15) is 5.10 Å². The topological polar surface area (TPSA) is 50.5 Å². The lowest BCUT2D eigenvalue weighted by Gasteiger charge is -2.13. The van der Waals surface area contributed by atoms with Gasteiger partial charge in [0.25, 0.3) is 0 Å².